The van der Waals surface area contributed by atoms with Crippen molar-refractivity contribution in [2.45, 2.75) is 140 Å². The highest BCUT2D eigenvalue weighted by molar-refractivity contribution is 5.89. The maximum absolute atomic E-state index is 11.6. The smallest absolute Gasteiger partial charge is 0.335 e. The van der Waals surface area contributed by atoms with Gasteiger partial charge in [0.25, 0.3) is 0 Å². The molecule has 6 nitrogen and oxygen atoms in total. The van der Waals surface area contributed by atoms with Crippen LogP contribution in [0.1, 0.15) is 151 Å². The predicted molar refractivity (Wildman–Crippen MR) is 230 cm³/mol. The first-order valence-electron chi connectivity index (χ1n) is 19.5. The monoisotopic (exact) mass is 750 g/mol. The van der Waals surface area contributed by atoms with Crippen LogP contribution in [0.15, 0.2) is 106 Å². The summed E-state index contributed by atoms with van der Waals surface area (Å²) in [7, 11) is 0. The molecule has 2 aromatic rings. The second kappa shape index (κ2) is 23.2. The third kappa shape index (κ3) is 17.0. The second-order valence-electron chi connectivity index (χ2n) is 15.8. The van der Waals surface area contributed by atoms with Crippen molar-refractivity contribution < 1.29 is 29.6 Å². The molecule has 0 radical (unpaired) electrons. The molecule has 0 saturated carbocycles. The van der Waals surface area contributed by atoms with Gasteiger partial charge in [0.15, 0.2) is 0 Å². The first kappa shape index (κ1) is 46.3. The van der Waals surface area contributed by atoms with Gasteiger partial charge in [-0.25, -0.2) is 9.59 Å². The van der Waals surface area contributed by atoms with Gasteiger partial charge in [-0.05, 0) is 180 Å². The molecule has 0 fully saturated rings. The van der Waals surface area contributed by atoms with Gasteiger partial charge in [0.2, 0.25) is 0 Å². The summed E-state index contributed by atoms with van der Waals surface area (Å²) in [5.74, 6) is -0.782. The molecule has 0 amide bonds. The minimum absolute atomic E-state index is 0.00457. The average molecular weight is 751 g/mol. The third-order valence-corrected chi connectivity index (χ3v) is 9.40. The van der Waals surface area contributed by atoms with Gasteiger partial charge in [0.05, 0.1) is 11.1 Å². The van der Waals surface area contributed by atoms with Crippen molar-refractivity contribution in [1.29, 1.82) is 0 Å². The van der Waals surface area contributed by atoms with Gasteiger partial charge in [-0.2, -0.15) is 0 Å². The molecule has 0 aliphatic carbocycles. The summed E-state index contributed by atoms with van der Waals surface area (Å²) in [4.78, 5) is 23.0. The number of carboxylic acid groups (broad SMARTS) is 2. The fourth-order valence-corrected chi connectivity index (χ4v) is 6.04. The summed E-state index contributed by atoms with van der Waals surface area (Å²) in [5.41, 5.74) is 12.7. The lowest BCUT2D eigenvalue weighted by atomic mass is 9.97. The summed E-state index contributed by atoms with van der Waals surface area (Å²) in [6.45, 7) is 22.9. The molecule has 0 aromatic heterocycles. The predicted octanol–water partition coefficient (Wildman–Crippen LogP) is 13.1. The molecular weight excluding hydrogens is 685 g/mol. The first-order chi connectivity index (χ1) is 25.9. The van der Waals surface area contributed by atoms with Crippen LogP contribution < -0.4 is 4.74 Å². The number of aromatic carboxylic acids is 2. The number of hydrogen-bond donors (Lipinski definition) is 3. The van der Waals surface area contributed by atoms with E-state index in [4.69, 9.17) is 4.74 Å². The van der Waals surface area contributed by atoms with E-state index in [9.17, 15) is 24.9 Å². The third-order valence-electron chi connectivity index (χ3n) is 9.40. The van der Waals surface area contributed by atoms with E-state index in [1.807, 2.05) is 13.8 Å². The number of carboxylic acids is 2. The zero-order valence-electron chi connectivity index (χ0n) is 35.4. The van der Waals surface area contributed by atoms with Crippen LogP contribution in [0.2, 0.25) is 0 Å². The number of fused-ring (bicyclic) bond motifs is 1. The van der Waals surface area contributed by atoms with Gasteiger partial charge in [-0.15, -0.1) is 0 Å². The van der Waals surface area contributed by atoms with Gasteiger partial charge < -0.3 is 20.1 Å². The molecule has 0 bridgehead atoms. The molecule has 1 aliphatic heterocycles. The fraction of sp³-hybridized carbons (Fsp3) is 0.429. The Morgan fingerprint density at radius 3 is 1.49 bits per heavy atom. The molecule has 1 atom stereocenters. The Balaban J connectivity index is 0.000000386. The highest BCUT2D eigenvalue weighted by Gasteiger charge is 2.28. The molecule has 1 heterocycles. The fourth-order valence-electron chi connectivity index (χ4n) is 6.04. The lowest BCUT2D eigenvalue weighted by Gasteiger charge is -2.13. The maximum Gasteiger partial charge on any atom is 0.335 e. The Morgan fingerprint density at radius 1 is 0.600 bits per heavy atom. The van der Waals surface area contributed by atoms with Crippen molar-refractivity contribution in [2.75, 3.05) is 0 Å². The molecule has 1 aliphatic rings. The number of benzene rings is 2. The van der Waals surface area contributed by atoms with Crippen molar-refractivity contribution in [3.63, 3.8) is 0 Å². The number of carbonyl (C=O) groups is 2. The number of ether oxygens (including phenoxy) is 1. The number of phenolic OH excluding ortho intramolecular Hbond substituents is 1. The minimum atomic E-state index is -0.967. The zero-order valence-corrected chi connectivity index (χ0v) is 35.4. The van der Waals surface area contributed by atoms with Crippen LogP contribution in [0, 0.1) is 0 Å². The van der Waals surface area contributed by atoms with Crippen LogP contribution in [-0.2, 0) is 25.7 Å². The average Bonchev–Trinajstić information content (AvgIpc) is 3.54. The highest BCUT2D eigenvalue weighted by Crippen LogP contribution is 2.37. The lowest BCUT2D eigenvalue weighted by Crippen LogP contribution is -2.14. The van der Waals surface area contributed by atoms with Crippen LogP contribution in [0.3, 0.4) is 0 Å². The molecule has 55 heavy (non-hydrogen) atoms. The summed E-state index contributed by atoms with van der Waals surface area (Å²) >= 11 is 0. The van der Waals surface area contributed by atoms with Gasteiger partial charge in [-0.3, -0.25) is 0 Å². The zero-order chi connectivity index (χ0) is 41.2. The minimum Gasteiger partial charge on any atom is -0.507 e. The lowest BCUT2D eigenvalue weighted by molar-refractivity contribution is 0.0686. The molecule has 298 valence electrons. The standard InChI is InChI=1S/C27H38O3.C22H28O3/c1-19(2)9-7-11-21(5)13-15-23-17-25(27(29)30)18-24(26(23)28)16-14-22(6)12-8-10-20(3)4;1-14(2)7-6-8-16(5)20-13-18-12-19(22(23)24)11-17(21(18)25-20)10-9-15(3)4/h9-10,13-14,17-18,28H,7-8,11-12,15-16H2,1-6H3,(H,29,30);7-9,11-12,20H,6,10,13H2,1-5H3,(H,23,24)/b21-13+,22-14+;16-8+. The molecule has 0 spiro atoms. The molecule has 3 N–H and O–H groups in total. The van der Waals surface area contributed by atoms with E-state index >= 15 is 0 Å². The first-order valence-corrected chi connectivity index (χ1v) is 19.5. The molecular formula is C49H66O6. The van der Waals surface area contributed by atoms with E-state index in [0.29, 0.717) is 36.0 Å². The Labute approximate surface area is 331 Å². The van der Waals surface area contributed by atoms with Crippen molar-refractivity contribution in [2.24, 2.45) is 0 Å². The van der Waals surface area contributed by atoms with Crippen molar-refractivity contribution in [1.82, 2.24) is 0 Å². The van der Waals surface area contributed by atoms with Gasteiger partial charge in [0.1, 0.15) is 17.6 Å². The normalized spacial score (nSPS) is 13.8. The molecule has 0 saturated heterocycles. The van der Waals surface area contributed by atoms with Crippen molar-refractivity contribution >= 4 is 11.9 Å². The number of phenols is 1. The topological polar surface area (TPSA) is 104 Å². The quantitative estimate of drug-likeness (QED) is 0.139. The van der Waals surface area contributed by atoms with Crippen LogP contribution >= 0.6 is 0 Å². The summed E-state index contributed by atoms with van der Waals surface area (Å²) in [5, 5.41) is 29.6. The highest BCUT2D eigenvalue weighted by atomic mass is 16.5. The van der Waals surface area contributed by atoms with Crippen LogP contribution in [0.25, 0.3) is 0 Å². The van der Waals surface area contributed by atoms with E-state index in [-0.39, 0.29) is 17.4 Å². The van der Waals surface area contributed by atoms with E-state index in [0.717, 1.165) is 55.4 Å². The van der Waals surface area contributed by atoms with Gasteiger partial charge >= 0.3 is 11.9 Å². The van der Waals surface area contributed by atoms with Crippen LogP contribution in [0.5, 0.6) is 11.5 Å². The number of hydrogen-bond acceptors (Lipinski definition) is 4. The Kier molecular flexibility index (Phi) is 19.5. The Hall–Kier alpha value is -4.84. The summed E-state index contributed by atoms with van der Waals surface area (Å²) < 4.78 is 6.21. The Morgan fingerprint density at radius 2 is 1.04 bits per heavy atom. The maximum atomic E-state index is 11.6. The van der Waals surface area contributed by atoms with E-state index in [2.05, 4.69) is 105 Å². The van der Waals surface area contributed by atoms with Crippen LogP contribution in [0.4, 0.5) is 0 Å². The SMILES string of the molecule is CC(C)=CC/C=C(\C)C1Cc2cc(C(=O)O)cc(CC=C(C)C)c2O1.CC(C)=CCC/C(C)=C/Cc1cc(C(=O)O)cc(C/C=C(\C)CCC=C(C)C)c1O. The molecule has 1 unspecified atom stereocenters. The largest absolute Gasteiger partial charge is 0.507 e. The summed E-state index contributed by atoms with van der Waals surface area (Å²) in [6, 6.07) is 6.68. The van der Waals surface area contributed by atoms with Crippen molar-refractivity contribution in [3.8, 4) is 11.5 Å². The van der Waals surface area contributed by atoms with Crippen LogP contribution in [-0.4, -0.2) is 33.4 Å². The number of allylic oxidation sites excluding steroid dienone is 13. The van der Waals surface area contributed by atoms with Crippen molar-refractivity contribution in [3.05, 3.63) is 139 Å². The van der Waals surface area contributed by atoms with Gasteiger partial charge in [0, 0.05) is 6.42 Å². The number of aromatic hydroxyl groups is 1. The Bertz CT molecular complexity index is 1800. The number of rotatable bonds is 17. The summed E-state index contributed by atoms with van der Waals surface area (Å²) in [6.07, 6.45) is 22.4. The second-order valence-corrected chi connectivity index (χ2v) is 15.8. The van der Waals surface area contributed by atoms with E-state index < -0.39 is 11.9 Å². The van der Waals surface area contributed by atoms with Gasteiger partial charge in [-0.1, -0.05) is 76.0 Å². The van der Waals surface area contributed by atoms with E-state index in [1.54, 1.807) is 24.3 Å². The molecule has 6 heteroatoms. The van der Waals surface area contributed by atoms with E-state index in [1.165, 1.54) is 39.0 Å². The molecule has 3 rings (SSSR count). The molecule has 2 aromatic carbocycles.